The van der Waals surface area contributed by atoms with Crippen LogP contribution in [0.1, 0.15) is 34.6 Å². The number of ether oxygens (including phenoxy) is 1. The number of rotatable bonds is 5. The molecule has 1 amide bonds. The Morgan fingerprint density at radius 1 is 1.40 bits per heavy atom. The maximum Gasteiger partial charge on any atom is 0.305 e. The summed E-state index contributed by atoms with van der Waals surface area (Å²) in [6, 6.07) is 7.70. The number of carboxylic acids is 1. The molecule has 3 rings (SSSR count). The van der Waals surface area contributed by atoms with Crippen LogP contribution in [0.15, 0.2) is 24.3 Å². The highest BCUT2D eigenvalue weighted by atomic mass is 16.5. The molecule has 8 nitrogen and oxygen atoms in total. The van der Waals surface area contributed by atoms with Gasteiger partial charge >= 0.3 is 5.97 Å². The molecule has 1 unspecified atom stereocenters. The number of nitrogens with zero attached hydrogens (tertiary/aromatic N) is 3. The van der Waals surface area contributed by atoms with Crippen molar-refractivity contribution in [2.75, 3.05) is 13.2 Å². The molecule has 1 atom stereocenters. The van der Waals surface area contributed by atoms with Gasteiger partial charge in [-0.25, -0.2) is 4.68 Å². The van der Waals surface area contributed by atoms with Gasteiger partial charge in [0.15, 0.2) is 5.69 Å². The first-order valence-electron chi connectivity index (χ1n) is 8.02. The smallest absolute Gasteiger partial charge is 0.305 e. The molecule has 2 heterocycles. The van der Waals surface area contributed by atoms with Crippen LogP contribution in [0.2, 0.25) is 0 Å². The second kappa shape index (κ2) is 6.64. The summed E-state index contributed by atoms with van der Waals surface area (Å²) in [7, 11) is 0. The fraction of sp³-hybridized carbons (Fsp3) is 0.412. The molecule has 1 aliphatic heterocycles. The van der Waals surface area contributed by atoms with E-state index < -0.39 is 17.4 Å². The van der Waals surface area contributed by atoms with Crippen molar-refractivity contribution >= 4 is 11.9 Å². The predicted octanol–water partition coefficient (Wildman–Crippen LogP) is 1.25. The first-order valence-corrected chi connectivity index (χ1v) is 8.02. The number of carbonyl (C=O) groups is 2. The lowest BCUT2D eigenvalue weighted by atomic mass is 9.94. The monoisotopic (exact) mass is 344 g/mol. The lowest BCUT2D eigenvalue weighted by Crippen LogP contribution is -2.50. The number of benzene rings is 1. The number of aromatic nitrogens is 3. The van der Waals surface area contributed by atoms with Gasteiger partial charge in [0.1, 0.15) is 0 Å². The van der Waals surface area contributed by atoms with E-state index in [1.54, 1.807) is 11.6 Å². The Hall–Kier alpha value is -2.74. The number of aliphatic carboxylic acids is 1. The number of hydrogen-bond acceptors (Lipinski definition) is 5. The molecule has 1 aromatic heterocycles. The standard InChI is InChI=1S/C17H20N4O4/c1-11-4-3-5-13(8-11)21-12(2)15(19-20-21)16(24)18-17(9-14(22)23)6-7-25-10-17/h3-5,8H,6-7,9-10H2,1-2H3,(H,18,24)(H,22,23). The van der Waals surface area contributed by atoms with Crippen LogP contribution < -0.4 is 5.32 Å². The van der Waals surface area contributed by atoms with Gasteiger partial charge in [-0.1, -0.05) is 17.3 Å². The van der Waals surface area contributed by atoms with Crippen molar-refractivity contribution in [3.05, 3.63) is 41.2 Å². The second-order valence-corrected chi connectivity index (χ2v) is 6.38. The third kappa shape index (κ3) is 3.53. The third-order valence-corrected chi connectivity index (χ3v) is 4.33. The number of carboxylic acid groups (broad SMARTS) is 1. The van der Waals surface area contributed by atoms with Crippen LogP contribution in [-0.2, 0) is 9.53 Å². The maximum atomic E-state index is 12.6. The molecule has 0 bridgehead atoms. The summed E-state index contributed by atoms with van der Waals surface area (Å²) in [5.41, 5.74) is 1.75. The first-order chi connectivity index (χ1) is 11.9. The minimum Gasteiger partial charge on any atom is -0.481 e. The summed E-state index contributed by atoms with van der Waals surface area (Å²) in [5, 5.41) is 20.0. The van der Waals surface area contributed by atoms with Gasteiger partial charge in [-0.2, -0.15) is 0 Å². The maximum absolute atomic E-state index is 12.6. The van der Waals surface area contributed by atoms with Gasteiger partial charge in [0.05, 0.1) is 29.9 Å². The van der Waals surface area contributed by atoms with Crippen molar-refractivity contribution in [3.63, 3.8) is 0 Å². The van der Waals surface area contributed by atoms with Crippen LogP contribution in [0.5, 0.6) is 0 Å². The van der Waals surface area contributed by atoms with E-state index in [1.165, 1.54) is 0 Å². The summed E-state index contributed by atoms with van der Waals surface area (Å²) in [5.74, 6) is -1.42. The summed E-state index contributed by atoms with van der Waals surface area (Å²) in [4.78, 5) is 23.8. The molecule has 2 aromatic rings. The Balaban J connectivity index is 1.84. The minimum absolute atomic E-state index is 0.177. The molecule has 0 saturated carbocycles. The zero-order valence-electron chi connectivity index (χ0n) is 14.2. The minimum atomic E-state index is -0.981. The fourth-order valence-electron chi connectivity index (χ4n) is 3.02. The Kier molecular flexibility index (Phi) is 4.54. The summed E-state index contributed by atoms with van der Waals surface area (Å²) in [6.45, 7) is 4.32. The second-order valence-electron chi connectivity index (χ2n) is 6.38. The van der Waals surface area contributed by atoms with Gasteiger partial charge in [0, 0.05) is 6.61 Å². The largest absolute Gasteiger partial charge is 0.481 e. The first kappa shape index (κ1) is 17.1. The molecule has 0 radical (unpaired) electrons. The fourth-order valence-corrected chi connectivity index (χ4v) is 3.02. The molecule has 1 fully saturated rings. The zero-order valence-corrected chi connectivity index (χ0v) is 14.2. The molecule has 1 aliphatic rings. The van der Waals surface area contributed by atoms with Crippen molar-refractivity contribution < 1.29 is 19.4 Å². The molecular formula is C17H20N4O4. The van der Waals surface area contributed by atoms with E-state index in [2.05, 4.69) is 15.6 Å². The van der Waals surface area contributed by atoms with Crippen molar-refractivity contribution in [3.8, 4) is 5.69 Å². The zero-order chi connectivity index (χ0) is 18.0. The quantitative estimate of drug-likeness (QED) is 0.845. The van der Waals surface area contributed by atoms with Gasteiger partial charge in [0.2, 0.25) is 0 Å². The Labute approximate surface area is 144 Å². The van der Waals surface area contributed by atoms with E-state index in [0.717, 1.165) is 11.3 Å². The van der Waals surface area contributed by atoms with E-state index >= 15 is 0 Å². The van der Waals surface area contributed by atoms with Crippen LogP contribution in [-0.4, -0.2) is 50.7 Å². The molecule has 25 heavy (non-hydrogen) atoms. The molecule has 8 heteroatoms. The van der Waals surface area contributed by atoms with Crippen LogP contribution in [0.25, 0.3) is 5.69 Å². The van der Waals surface area contributed by atoms with Crippen molar-refractivity contribution in [1.29, 1.82) is 0 Å². The Morgan fingerprint density at radius 3 is 2.84 bits per heavy atom. The predicted molar refractivity (Wildman–Crippen MR) is 88.7 cm³/mol. The molecule has 1 aromatic carbocycles. The Morgan fingerprint density at radius 2 is 2.20 bits per heavy atom. The van der Waals surface area contributed by atoms with Crippen LogP contribution >= 0.6 is 0 Å². The molecule has 2 N–H and O–H groups in total. The van der Waals surface area contributed by atoms with E-state index in [0.29, 0.717) is 18.7 Å². The van der Waals surface area contributed by atoms with Gasteiger partial charge in [-0.05, 0) is 38.0 Å². The van der Waals surface area contributed by atoms with Crippen molar-refractivity contribution in [2.24, 2.45) is 0 Å². The van der Waals surface area contributed by atoms with Gasteiger partial charge < -0.3 is 15.2 Å². The highest BCUT2D eigenvalue weighted by Crippen LogP contribution is 2.24. The average Bonchev–Trinajstić information content (AvgIpc) is 3.13. The lowest BCUT2D eigenvalue weighted by molar-refractivity contribution is -0.138. The van der Waals surface area contributed by atoms with Crippen LogP contribution in [0, 0.1) is 13.8 Å². The lowest BCUT2D eigenvalue weighted by Gasteiger charge is -2.26. The topological polar surface area (TPSA) is 106 Å². The highest BCUT2D eigenvalue weighted by molar-refractivity contribution is 5.94. The number of nitrogens with one attached hydrogen (secondary N) is 1. The number of aryl methyl sites for hydroxylation is 1. The molecule has 132 valence electrons. The Bertz CT molecular complexity index is 809. The highest BCUT2D eigenvalue weighted by Gasteiger charge is 2.39. The van der Waals surface area contributed by atoms with Crippen LogP contribution in [0.4, 0.5) is 0 Å². The molecule has 1 saturated heterocycles. The third-order valence-electron chi connectivity index (χ3n) is 4.33. The van der Waals surface area contributed by atoms with Gasteiger partial charge in [-0.3, -0.25) is 9.59 Å². The van der Waals surface area contributed by atoms with Crippen molar-refractivity contribution in [2.45, 2.75) is 32.2 Å². The van der Waals surface area contributed by atoms with E-state index in [1.807, 2.05) is 31.2 Å². The van der Waals surface area contributed by atoms with E-state index in [4.69, 9.17) is 9.84 Å². The van der Waals surface area contributed by atoms with Gasteiger partial charge in [-0.15, -0.1) is 5.10 Å². The molecular weight excluding hydrogens is 324 g/mol. The number of carbonyl (C=O) groups excluding carboxylic acids is 1. The van der Waals surface area contributed by atoms with E-state index in [9.17, 15) is 9.59 Å². The number of amides is 1. The summed E-state index contributed by atoms with van der Waals surface area (Å²) >= 11 is 0. The average molecular weight is 344 g/mol. The van der Waals surface area contributed by atoms with E-state index in [-0.39, 0.29) is 18.7 Å². The summed E-state index contributed by atoms with van der Waals surface area (Å²) in [6.07, 6.45) is 0.264. The van der Waals surface area contributed by atoms with Crippen LogP contribution in [0.3, 0.4) is 0 Å². The number of hydrogen-bond donors (Lipinski definition) is 2. The van der Waals surface area contributed by atoms with Gasteiger partial charge in [0.25, 0.3) is 5.91 Å². The molecule has 0 spiro atoms. The summed E-state index contributed by atoms with van der Waals surface area (Å²) < 4.78 is 6.89. The normalized spacial score (nSPS) is 19.8. The van der Waals surface area contributed by atoms with Crippen molar-refractivity contribution in [1.82, 2.24) is 20.3 Å². The molecule has 0 aliphatic carbocycles. The SMILES string of the molecule is Cc1cccc(-n2nnc(C(=O)NC3(CC(=O)O)CCOC3)c2C)c1.